The Hall–Kier alpha value is -3.71. The van der Waals surface area contributed by atoms with Crippen LogP contribution in [0.2, 0.25) is 0 Å². The van der Waals surface area contributed by atoms with E-state index < -0.39 is 17.9 Å². The van der Waals surface area contributed by atoms with Gasteiger partial charge in [-0.2, -0.15) is 0 Å². The number of benzene rings is 3. The number of hydrogen-bond acceptors (Lipinski definition) is 5. The second kappa shape index (κ2) is 9.27. The molecule has 174 valence electrons. The quantitative estimate of drug-likeness (QED) is 0.234. The fraction of sp³-hybridized carbons (Fsp3) is 0.296. The van der Waals surface area contributed by atoms with Crippen molar-refractivity contribution >= 4 is 39.6 Å². The lowest BCUT2D eigenvalue weighted by Crippen LogP contribution is -2.50. The number of esters is 1. The van der Waals surface area contributed by atoms with Gasteiger partial charge in [0, 0.05) is 20.3 Å². The Morgan fingerprint density at radius 1 is 1.03 bits per heavy atom. The molecule has 1 aliphatic heterocycles. The van der Waals surface area contributed by atoms with Crippen molar-refractivity contribution in [1.29, 1.82) is 0 Å². The number of nitrogens with zero attached hydrogens (tertiary/aromatic N) is 3. The molecule has 0 fully saturated rings. The van der Waals surface area contributed by atoms with Gasteiger partial charge in [0.15, 0.2) is 5.92 Å². The van der Waals surface area contributed by atoms with Crippen molar-refractivity contribution in [3.63, 3.8) is 0 Å². The number of carbonyl (C=O) groups is 2. The maximum absolute atomic E-state index is 13.9. The van der Waals surface area contributed by atoms with Crippen molar-refractivity contribution < 1.29 is 19.1 Å². The highest BCUT2D eigenvalue weighted by molar-refractivity contribution is 6.09. The third-order valence-corrected chi connectivity index (χ3v) is 6.36. The number of imidazole rings is 1. The fourth-order valence-corrected chi connectivity index (χ4v) is 4.91. The van der Waals surface area contributed by atoms with Gasteiger partial charge >= 0.3 is 5.97 Å². The first-order valence-electron chi connectivity index (χ1n) is 11.6. The maximum Gasteiger partial charge on any atom is 0.321 e. The Morgan fingerprint density at radius 2 is 1.79 bits per heavy atom. The number of hydrogen-bond donors (Lipinski definition) is 0. The Bertz CT molecular complexity index is 1360. The van der Waals surface area contributed by atoms with Crippen LogP contribution >= 0.6 is 0 Å². The number of aromatic nitrogens is 2. The van der Waals surface area contributed by atoms with Gasteiger partial charge < -0.3 is 14.0 Å². The second-order valence-electron chi connectivity index (χ2n) is 8.35. The van der Waals surface area contributed by atoms with E-state index in [9.17, 15) is 9.59 Å². The molecule has 1 aliphatic rings. The van der Waals surface area contributed by atoms with Crippen LogP contribution in [0.1, 0.15) is 24.9 Å². The maximum atomic E-state index is 13.9. The Labute approximate surface area is 197 Å². The number of carbonyl (C=O) groups excluding carboxylic acids is 2. The van der Waals surface area contributed by atoms with E-state index in [1.165, 1.54) is 0 Å². The number of ether oxygens (including phenoxy) is 2. The summed E-state index contributed by atoms with van der Waals surface area (Å²) in [4.78, 5) is 33.7. The molecule has 0 N–H and O–H groups in total. The first kappa shape index (κ1) is 22.1. The van der Waals surface area contributed by atoms with Crippen LogP contribution in [0.5, 0.6) is 0 Å². The summed E-state index contributed by atoms with van der Waals surface area (Å²) in [5, 5.41) is 2.04. The molecule has 1 aromatic heterocycles. The van der Waals surface area contributed by atoms with Crippen molar-refractivity contribution in [2.75, 3.05) is 31.8 Å². The van der Waals surface area contributed by atoms with E-state index in [4.69, 9.17) is 14.5 Å². The molecule has 2 atom stereocenters. The van der Waals surface area contributed by atoms with E-state index in [1.54, 1.807) is 18.9 Å². The molecule has 7 nitrogen and oxygen atoms in total. The van der Waals surface area contributed by atoms with Gasteiger partial charge in [0.25, 0.3) is 0 Å². The molecule has 0 radical (unpaired) electrons. The highest BCUT2D eigenvalue weighted by Gasteiger charge is 2.48. The van der Waals surface area contributed by atoms with E-state index in [-0.39, 0.29) is 12.5 Å². The standard InChI is InChI=1S/C27H27N3O4/c1-3-34-26(32)23-24(20-13-8-11-18-10-4-5-12-19(18)20)30-22-15-7-6-14-21(22)28-27(30)29(25(23)31)16-9-17-33-2/h4-8,10-15,23-24H,3,9,16-17H2,1-2H3. The molecule has 2 heterocycles. The zero-order valence-electron chi connectivity index (χ0n) is 19.3. The van der Waals surface area contributed by atoms with Gasteiger partial charge in [0.2, 0.25) is 11.9 Å². The van der Waals surface area contributed by atoms with Gasteiger partial charge in [0.1, 0.15) is 0 Å². The monoisotopic (exact) mass is 457 g/mol. The van der Waals surface area contributed by atoms with E-state index in [0.29, 0.717) is 25.5 Å². The predicted octanol–water partition coefficient (Wildman–Crippen LogP) is 4.34. The number of fused-ring (bicyclic) bond motifs is 4. The normalized spacial score (nSPS) is 17.8. The summed E-state index contributed by atoms with van der Waals surface area (Å²) >= 11 is 0. The minimum absolute atomic E-state index is 0.200. The van der Waals surface area contributed by atoms with Gasteiger partial charge in [-0.25, -0.2) is 4.98 Å². The van der Waals surface area contributed by atoms with Crippen LogP contribution < -0.4 is 4.90 Å². The largest absolute Gasteiger partial charge is 0.465 e. The van der Waals surface area contributed by atoms with Crippen molar-refractivity contribution in [3.05, 3.63) is 72.3 Å². The van der Waals surface area contributed by atoms with Crippen LogP contribution in [0.25, 0.3) is 21.8 Å². The average molecular weight is 458 g/mol. The fourth-order valence-electron chi connectivity index (χ4n) is 4.91. The summed E-state index contributed by atoms with van der Waals surface area (Å²) in [7, 11) is 1.63. The molecule has 2 unspecified atom stereocenters. The van der Waals surface area contributed by atoms with Crippen molar-refractivity contribution in [2.24, 2.45) is 5.92 Å². The lowest BCUT2D eigenvalue weighted by molar-refractivity contribution is -0.153. The summed E-state index contributed by atoms with van der Waals surface area (Å²) in [6.07, 6.45) is 0.625. The molecule has 0 aliphatic carbocycles. The minimum Gasteiger partial charge on any atom is -0.465 e. The van der Waals surface area contributed by atoms with Crippen molar-refractivity contribution in [2.45, 2.75) is 19.4 Å². The molecular formula is C27H27N3O4. The molecule has 4 aromatic rings. The summed E-state index contributed by atoms with van der Waals surface area (Å²) in [6.45, 7) is 2.85. The number of rotatable bonds is 7. The SMILES string of the molecule is CCOC(=O)C1C(=O)N(CCCOC)c2nc3ccccc3n2C1c1cccc2ccccc12. The molecule has 34 heavy (non-hydrogen) atoms. The van der Waals surface area contributed by atoms with Crippen LogP contribution in [0.15, 0.2) is 66.7 Å². The number of amides is 1. The highest BCUT2D eigenvalue weighted by atomic mass is 16.5. The van der Waals surface area contributed by atoms with E-state index in [1.807, 2.05) is 71.3 Å². The molecule has 5 rings (SSSR count). The molecule has 7 heteroatoms. The van der Waals surface area contributed by atoms with Gasteiger partial charge in [-0.15, -0.1) is 0 Å². The molecule has 0 saturated heterocycles. The first-order valence-corrected chi connectivity index (χ1v) is 11.6. The predicted molar refractivity (Wildman–Crippen MR) is 131 cm³/mol. The zero-order chi connectivity index (χ0) is 23.7. The summed E-state index contributed by atoms with van der Waals surface area (Å²) in [6, 6.07) is 21.2. The topological polar surface area (TPSA) is 73.7 Å². The van der Waals surface area contributed by atoms with Crippen LogP contribution in [0.4, 0.5) is 5.95 Å². The van der Waals surface area contributed by atoms with E-state index >= 15 is 0 Å². The van der Waals surface area contributed by atoms with Crippen molar-refractivity contribution in [3.8, 4) is 0 Å². The molecule has 3 aromatic carbocycles. The Kier molecular flexibility index (Phi) is 6.02. The smallest absolute Gasteiger partial charge is 0.321 e. The average Bonchev–Trinajstić information content (AvgIpc) is 3.24. The van der Waals surface area contributed by atoms with Crippen LogP contribution in [-0.2, 0) is 19.1 Å². The number of anilines is 1. The first-order chi connectivity index (χ1) is 16.7. The third kappa shape index (κ3) is 3.62. The van der Waals surface area contributed by atoms with Crippen LogP contribution in [0, 0.1) is 5.92 Å². The minimum atomic E-state index is -1.03. The number of para-hydroxylation sites is 2. The molecule has 1 amide bonds. The Balaban J connectivity index is 1.79. The summed E-state index contributed by atoms with van der Waals surface area (Å²) in [5.74, 6) is -1.31. The second-order valence-corrected chi connectivity index (χ2v) is 8.35. The lowest BCUT2D eigenvalue weighted by atomic mass is 9.86. The number of methoxy groups -OCH3 is 1. The van der Waals surface area contributed by atoms with Crippen LogP contribution in [-0.4, -0.2) is 48.3 Å². The highest BCUT2D eigenvalue weighted by Crippen LogP contribution is 2.43. The van der Waals surface area contributed by atoms with Gasteiger partial charge in [-0.1, -0.05) is 54.6 Å². The molecule has 0 spiro atoms. The lowest BCUT2D eigenvalue weighted by Gasteiger charge is -2.38. The van der Waals surface area contributed by atoms with Gasteiger partial charge in [0.05, 0.1) is 23.7 Å². The molecular weight excluding hydrogens is 430 g/mol. The van der Waals surface area contributed by atoms with E-state index in [2.05, 4.69) is 0 Å². The van der Waals surface area contributed by atoms with Gasteiger partial charge in [-0.05, 0) is 41.8 Å². The molecule has 0 saturated carbocycles. The van der Waals surface area contributed by atoms with E-state index in [0.717, 1.165) is 27.4 Å². The third-order valence-electron chi connectivity index (χ3n) is 6.36. The Morgan fingerprint density at radius 3 is 2.62 bits per heavy atom. The summed E-state index contributed by atoms with van der Waals surface area (Å²) in [5.41, 5.74) is 2.54. The summed E-state index contributed by atoms with van der Waals surface area (Å²) < 4.78 is 12.7. The zero-order valence-corrected chi connectivity index (χ0v) is 19.3. The van der Waals surface area contributed by atoms with Crippen LogP contribution in [0.3, 0.4) is 0 Å². The van der Waals surface area contributed by atoms with Gasteiger partial charge in [-0.3, -0.25) is 14.5 Å². The molecule has 0 bridgehead atoms. The van der Waals surface area contributed by atoms with Crippen molar-refractivity contribution in [1.82, 2.24) is 9.55 Å².